The predicted octanol–water partition coefficient (Wildman–Crippen LogP) is 2.12. The fraction of sp³-hybridized carbons (Fsp3) is 0.538. The largest absolute Gasteiger partial charge is 0.497 e. The maximum absolute atomic E-state index is 8.66. The van der Waals surface area contributed by atoms with E-state index in [4.69, 9.17) is 9.84 Å². The van der Waals surface area contributed by atoms with Crippen molar-refractivity contribution in [2.45, 2.75) is 25.8 Å². The zero-order chi connectivity index (χ0) is 11.8. The predicted molar refractivity (Wildman–Crippen MR) is 65.7 cm³/mol. The van der Waals surface area contributed by atoms with Gasteiger partial charge in [0.15, 0.2) is 0 Å². The van der Waals surface area contributed by atoms with Gasteiger partial charge in [-0.2, -0.15) is 0 Å². The molecule has 1 aromatic rings. The molecular formula is C13H21NO2. The Morgan fingerprint density at radius 2 is 1.94 bits per heavy atom. The van der Waals surface area contributed by atoms with E-state index >= 15 is 0 Å². The quantitative estimate of drug-likeness (QED) is 0.696. The van der Waals surface area contributed by atoms with Crippen LogP contribution in [0.3, 0.4) is 0 Å². The van der Waals surface area contributed by atoms with Crippen LogP contribution in [-0.2, 0) is 0 Å². The molecular weight excluding hydrogens is 202 g/mol. The van der Waals surface area contributed by atoms with Crippen LogP contribution in [0.4, 0.5) is 0 Å². The van der Waals surface area contributed by atoms with Crippen LogP contribution in [0.2, 0.25) is 0 Å². The standard InChI is InChI=1S/C13H21NO2/c1-11(14-9-3-4-10-15)12-5-7-13(16-2)8-6-12/h5-8,11,14-15H,3-4,9-10H2,1-2H3. The molecule has 0 amide bonds. The second-order valence-corrected chi connectivity index (χ2v) is 3.88. The van der Waals surface area contributed by atoms with E-state index in [1.807, 2.05) is 12.1 Å². The van der Waals surface area contributed by atoms with Crippen LogP contribution in [0.5, 0.6) is 5.75 Å². The van der Waals surface area contributed by atoms with Crippen LogP contribution in [-0.4, -0.2) is 25.4 Å². The van der Waals surface area contributed by atoms with E-state index < -0.39 is 0 Å². The molecule has 0 aliphatic carbocycles. The van der Waals surface area contributed by atoms with Gasteiger partial charge in [0.25, 0.3) is 0 Å². The molecule has 0 bridgehead atoms. The van der Waals surface area contributed by atoms with Crippen molar-refractivity contribution in [3.63, 3.8) is 0 Å². The first kappa shape index (κ1) is 13.0. The molecule has 1 atom stereocenters. The van der Waals surface area contributed by atoms with Gasteiger partial charge >= 0.3 is 0 Å². The van der Waals surface area contributed by atoms with Crippen molar-refractivity contribution in [3.8, 4) is 5.75 Å². The summed E-state index contributed by atoms with van der Waals surface area (Å²) in [5.74, 6) is 0.885. The highest BCUT2D eigenvalue weighted by molar-refractivity contribution is 5.28. The van der Waals surface area contributed by atoms with Gasteiger partial charge in [-0.05, 0) is 44.0 Å². The Kier molecular flexibility index (Phi) is 5.90. The average molecular weight is 223 g/mol. The molecule has 0 spiro atoms. The highest BCUT2D eigenvalue weighted by Crippen LogP contribution is 2.16. The van der Waals surface area contributed by atoms with Gasteiger partial charge in [-0.3, -0.25) is 0 Å². The molecule has 1 rings (SSSR count). The molecule has 16 heavy (non-hydrogen) atoms. The highest BCUT2D eigenvalue weighted by Gasteiger charge is 2.03. The Morgan fingerprint density at radius 1 is 1.25 bits per heavy atom. The fourth-order valence-corrected chi connectivity index (χ4v) is 1.57. The van der Waals surface area contributed by atoms with Gasteiger partial charge in [-0.25, -0.2) is 0 Å². The van der Waals surface area contributed by atoms with Crippen LogP contribution >= 0.6 is 0 Å². The van der Waals surface area contributed by atoms with Crippen molar-refractivity contribution >= 4 is 0 Å². The molecule has 3 heteroatoms. The van der Waals surface area contributed by atoms with E-state index in [-0.39, 0.29) is 6.61 Å². The van der Waals surface area contributed by atoms with Gasteiger partial charge < -0.3 is 15.2 Å². The number of rotatable bonds is 7. The van der Waals surface area contributed by atoms with Gasteiger partial charge in [0.05, 0.1) is 7.11 Å². The summed E-state index contributed by atoms with van der Waals surface area (Å²) in [6.45, 7) is 3.35. The van der Waals surface area contributed by atoms with E-state index in [1.165, 1.54) is 5.56 Å². The zero-order valence-corrected chi connectivity index (χ0v) is 10.1. The minimum atomic E-state index is 0.276. The molecule has 0 radical (unpaired) electrons. The van der Waals surface area contributed by atoms with Gasteiger partial charge in [0, 0.05) is 12.6 Å². The lowest BCUT2D eigenvalue weighted by Crippen LogP contribution is -2.19. The summed E-state index contributed by atoms with van der Waals surface area (Å²) >= 11 is 0. The highest BCUT2D eigenvalue weighted by atomic mass is 16.5. The molecule has 0 aliphatic heterocycles. The number of hydrogen-bond acceptors (Lipinski definition) is 3. The number of methoxy groups -OCH3 is 1. The van der Waals surface area contributed by atoms with E-state index in [0.29, 0.717) is 6.04 Å². The third-order valence-electron chi connectivity index (χ3n) is 2.65. The molecule has 0 fully saturated rings. The van der Waals surface area contributed by atoms with Crippen LogP contribution < -0.4 is 10.1 Å². The lowest BCUT2D eigenvalue weighted by molar-refractivity contribution is 0.283. The third kappa shape index (κ3) is 4.21. The number of aliphatic hydroxyl groups excluding tert-OH is 1. The molecule has 0 aliphatic rings. The Hall–Kier alpha value is -1.06. The average Bonchev–Trinajstić information content (AvgIpc) is 2.34. The van der Waals surface area contributed by atoms with Crippen molar-refractivity contribution in [1.82, 2.24) is 5.32 Å². The summed E-state index contributed by atoms with van der Waals surface area (Å²) in [6.07, 6.45) is 1.87. The second kappa shape index (κ2) is 7.25. The monoisotopic (exact) mass is 223 g/mol. The lowest BCUT2D eigenvalue weighted by Gasteiger charge is -2.14. The minimum absolute atomic E-state index is 0.276. The van der Waals surface area contributed by atoms with Crippen molar-refractivity contribution in [3.05, 3.63) is 29.8 Å². The molecule has 90 valence electrons. The first-order valence-electron chi connectivity index (χ1n) is 5.76. The van der Waals surface area contributed by atoms with Crippen molar-refractivity contribution in [2.75, 3.05) is 20.3 Å². The summed E-state index contributed by atoms with van der Waals surface area (Å²) in [5.41, 5.74) is 1.25. The number of unbranched alkanes of at least 4 members (excludes halogenated alkanes) is 1. The Morgan fingerprint density at radius 3 is 2.50 bits per heavy atom. The molecule has 2 N–H and O–H groups in total. The van der Waals surface area contributed by atoms with Crippen LogP contribution in [0, 0.1) is 0 Å². The molecule has 0 saturated heterocycles. The first-order valence-corrected chi connectivity index (χ1v) is 5.76. The van der Waals surface area contributed by atoms with Gasteiger partial charge in [-0.15, -0.1) is 0 Å². The summed E-state index contributed by atoms with van der Waals surface area (Å²) in [5, 5.41) is 12.1. The second-order valence-electron chi connectivity index (χ2n) is 3.88. The van der Waals surface area contributed by atoms with Gasteiger partial charge in [0.2, 0.25) is 0 Å². The number of hydrogen-bond donors (Lipinski definition) is 2. The number of benzene rings is 1. The third-order valence-corrected chi connectivity index (χ3v) is 2.65. The summed E-state index contributed by atoms with van der Waals surface area (Å²) in [4.78, 5) is 0. The SMILES string of the molecule is COc1ccc(C(C)NCCCCO)cc1. The maximum Gasteiger partial charge on any atom is 0.118 e. The van der Waals surface area contributed by atoms with Crippen LogP contribution in [0.1, 0.15) is 31.4 Å². The maximum atomic E-state index is 8.66. The lowest BCUT2D eigenvalue weighted by atomic mass is 10.1. The first-order chi connectivity index (χ1) is 7.77. The molecule has 0 heterocycles. The van der Waals surface area contributed by atoms with Crippen LogP contribution in [0.15, 0.2) is 24.3 Å². The Labute approximate surface area is 97.4 Å². The summed E-state index contributed by atoms with van der Waals surface area (Å²) in [6, 6.07) is 8.43. The van der Waals surface area contributed by atoms with Gasteiger partial charge in [0.1, 0.15) is 5.75 Å². The Balaban J connectivity index is 2.37. The molecule has 1 aromatic carbocycles. The minimum Gasteiger partial charge on any atom is -0.497 e. The van der Waals surface area contributed by atoms with Crippen molar-refractivity contribution in [2.24, 2.45) is 0 Å². The summed E-state index contributed by atoms with van der Waals surface area (Å²) in [7, 11) is 1.67. The smallest absolute Gasteiger partial charge is 0.118 e. The normalized spacial score (nSPS) is 12.4. The van der Waals surface area contributed by atoms with E-state index in [9.17, 15) is 0 Å². The molecule has 3 nitrogen and oxygen atoms in total. The van der Waals surface area contributed by atoms with E-state index in [2.05, 4.69) is 24.4 Å². The van der Waals surface area contributed by atoms with Crippen LogP contribution in [0.25, 0.3) is 0 Å². The number of aliphatic hydroxyl groups is 1. The van der Waals surface area contributed by atoms with Crippen molar-refractivity contribution < 1.29 is 9.84 Å². The molecule has 0 saturated carbocycles. The summed E-state index contributed by atoms with van der Waals surface area (Å²) < 4.78 is 5.11. The van der Waals surface area contributed by atoms with Crippen molar-refractivity contribution in [1.29, 1.82) is 0 Å². The fourth-order valence-electron chi connectivity index (χ4n) is 1.57. The van der Waals surface area contributed by atoms with E-state index in [0.717, 1.165) is 25.1 Å². The van der Waals surface area contributed by atoms with E-state index in [1.54, 1.807) is 7.11 Å². The number of nitrogens with one attached hydrogen (secondary N) is 1. The zero-order valence-electron chi connectivity index (χ0n) is 10.1. The topological polar surface area (TPSA) is 41.5 Å². The molecule has 0 aromatic heterocycles. The number of ether oxygens (including phenoxy) is 1. The Bertz CT molecular complexity index is 284. The molecule has 1 unspecified atom stereocenters. The van der Waals surface area contributed by atoms with Gasteiger partial charge in [-0.1, -0.05) is 12.1 Å².